The van der Waals surface area contributed by atoms with Crippen LogP contribution >= 0.6 is 0 Å². The topological polar surface area (TPSA) is 81.1 Å². The lowest BCUT2D eigenvalue weighted by Gasteiger charge is -2.19. The Morgan fingerprint density at radius 3 is 2.44 bits per heavy atom. The number of aliphatic carboxylic acids is 1. The second-order valence-electron chi connectivity index (χ2n) is 4.49. The monoisotopic (exact) mass is 225 g/mol. The van der Waals surface area contributed by atoms with Gasteiger partial charge in [0.1, 0.15) is 5.54 Å². The molecule has 0 spiro atoms. The van der Waals surface area contributed by atoms with E-state index in [0.29, 0.717) is 13.0 Å². The third kappa shape index (κ3) is 2.41. The van der Waals surface area contributed by atoms with E-state index in [9.17, 15) is 4.79 Å². The van der Waals surface area contributed by atoms with E-state index in [0.717, 1.165) is 17.0 Å². The molecule has 1 heterocycles. The van der Waals surface area contributed by atoms with Crippen LogP contribution in [-0.2, 0) is 11.3 Å². The summed E-state index contributed by atoms with van der Waals surface area (Å²) in [4.78, 5) is 10.8. The molecule has 0 amide bonds. The highest BCUT2D eigenvalue weighted by atomic mass is 16.4. The number of hydrogen-bond acceptors (Lipinski definition) is 3. The number of aromatic nitrogens is 2. The van der Waals surface area contributed by atoms with Crippen molar-refractivity contribution < 1.29 is 9.90 Å². The largest absolute Gasteiger partial charge is 0.480 e. The molecule has 1 aromatic heterocycles. The van der Waals surface area contributed by atoms with Crippen molar-refractivity contribution in [2.45, 2.75) is 46.2 Å². The average molecular weight is 225 g/mol. The number of carboxylic acid groups (broad SMARTS) is 1. The van der Waals surface area contributed by atoms with Gasteiger partial charge in [0.05, 0.1) is 5.69 Å². The first-order valence-corrected chi connectivity index (χ1v) is 5.28. The molecular weight excluding hydrogens is 206 g/mol. The number of nitrogens with two attached hydrogens (primary N) is 1. The maximum absolute atomic E-state index is 10.8. The zero-order chi connectivity index (χ0) is 12.5. The van der Waals surface area contributed by atoms with E-state index in [2.05, 4.69) is 5.10 Å². The molecular formula is C11H19N3O2. The van der Waals surface area contributed by atoms with Gasteiger partial charge in [-0.2, -0.15) is 5.10 Å². The van der Waals surface area contributed by atoms with Crippen LogP contribution in [0, 0.1) is 20.8 Å². The van der Waals surface area contributed by atoms with Crippen molar-refractivity contribution in [2.75, 3.05) is 0 Å². The predicted octanol–water partition coefficient (Wildman–Crippen LogP) is 1.00. The van der Waals surface area contributed by atoms with Crippen molar-refractivity contribution >= 4 is 5.97 Å². The third-order valence-electron chi connectivity index (χ3n) is 3.07. The van der Waals surface area contributed by atoms with Gasteiger partial charge in [-0.05, 0) is 39.7 Å². The summed E-state index contributed by atoms with van der Waals surface area (Å²) < 4.78 is 1.82. The molecule has 16 heavy (non-hydrogen) atoms. The van der Waals surface area contributed by atoms with E-state index in [-0.39, 0.29) is 0 Å². The fourth-order valence-electron chi connectivity index (χ4n) is 1.45. The fraction of sp³-hybridized carbons (Fsp3) is 0.636. The van der Waals surface area contributed by atoms with Crippen LogP contribution < -0.4 is 5.73 Å². The lowest BCUT2D eigenvalue weighted by atomic mass is 10.00. The number of carbonyl (C=O) groups is 1. The molecule has 5 nitrogen and oxygen atoms in total. The first-order valence-electron chi connectivity index (χ1n) is 5.28. The minimum Gasteiger partial charge on any atom is -0.480 e. The molecule has 1 rings (SSSR count). The average Bonchev–Trinajstić information content (AvgIpc) is 2.43. The third-order valence-corrected chi connectivity index (χ3v) is 3.07. The lowest BCUT2D eigenvalue weighted by Crippen LogP contribution is -2.45. The molecule has 0 aliphatic rings. The summed E-state index contributed by atoms with van der Waals surface area (Å²) in [6.45, 7) is 7.97. The number of hydrogen-bond donors (Lipinski definition) is 2. The highest BCUT2D eigenvalue weighted by Crippen LogP contribution is 2.14. The standard InChI is InChI=1S/C11H19N3O2/c1-7-8(2)13-14(9(7)3)6-5-11(4,12)10(15)16/h5-6,12H2,1-4H3,(H,15,16). The SMILES string of the molecule is Cc1nn(CCC(C)(N)C(=O)O)c(C)c1C. The molecule has 0 bridgehead atoms. The maximum atomic E-state index is 10.8. The Hall–Kier alpha value is -1.36. The summed E-state index contributed by atoms with van der Waals surface area (Å²) in [6, 6.07) is 0. The van der Waals surface area contributed by atoms with Crippen molar-refractivity contribution in [2.24, 2.45) is 5.73 Å². The zero-order valence-corrected chi connectivity index (χ0v) is 10.2. The van der Waals surface area contributed by atoms with E-state index in [1.54, 1.807) is 0 Å². The van der Waals surface area contributed by atoms with E-state index >= 15 is 0 Å². The lowest BCUT2D eigenvalue weighted by molar-refractivity contribution is -0.143. The van der Waals surface area contributed by atoms with Gasteiger partial charge in [0, 0.05) is 12.2 Å². The van der Waals surface area contributed by atoms with Gasteiger partial charge in [-0.1, -0.05) is 0 Å². The van der Waals surface area contributed by atoms with Crippen LogP contribution in [0.4, 0.5) is 0 Å². The van der Waals surface area contributed by atoms with E-state index in [1.807, 2.05) is 25.5 Å². The van der Waals surface area contributed by atoms with Gasteiger partial charge < -0.3 is 10.8 Å². The summed E-state index contributed by atoms with van der Waals surface area (Å²) in [6.07, 6.45) is 0.365. The summed E-state index contributed by atoms with van der Waals surface area (Å²) in [5.74, 6) is -0.981. The molecule has 3 N–H and O–H groups in total. The van der Waals surface area contributed by atoms with Crippen LogP contribution in [0.2, 0.25) is 0 Å². The number of rotatable bonds is 4. The van der Waals surface area contributed by atoms with Crippen LogP contribution in [0.1, 0.15) is 30.3 Å². The first-order chi connectivity index (χ1) is 7.25. The normalized spacial score (nSPS) is 14.8. The van der Waals surface area contributed by atoms with Gasteiger partial charge in [-0.15, -0.1) is 0 Å². The molecule has 0 aromatic carbocycles. The van der Waals surface area contributed by atoms with Crippen molar-refractivity contribution in [1.29, 1.82) is 0 Å². The molecule has 0 fully saturated rings. The molecule has 5 heteroatoms. The van der Waals surface area contributed by atoms with Gasteiger partial charge in [0.2, 0.25) is 0 Å². The van der Waals surface area contributed by atoms with Crippen LogP contribution in [0.15, 0.2) is 0 Å². The number of aryl methyl sites for hydroxylation is 2. The Morgan fingerprint density at radius 2 is 2.06 bits per heavy atom. The van der Waals surface area contributed by atoms with Crippen molar-refractivity contribution in [1.82, 2.24) is 9.78 Å². The zero-order valence-electron chi connectivity index (χ0n) is 10.2. The molecule has 0 aliphatic heterocycles. The van der Waals surface area contributed by atoms with Gasteiger partial charge in [0.25, 0.3) is 0 Å². The van der Waals surface area contributed by atoms with Crippen LogP contribution in [0.5, 0.6) is 0 Å². The summed E-state index contributed by atoms with van der Waals surface area (Å²) in [5, 5.41) is 13.2. The minimum atomic E-state index is -1.19. The Bertz CT molecular complexity index is 408. The van der Waals surface area contributed by atoms with Gasteiger partial charge in [0.15, 0.2) is 0 Å². The highest BCUT2D eigenvalue weighted by molar-refractivity contribution is 5.77. The maximum Gasteiger partial charge on any atom is 0.323 e. The van der Waals surface area contributed by atoms with Gasteiger partial charge in [-0.3, -0.25) is 9.48 Å². The van der Waals surface area contributed by atoms with Crippen LogP contribution in [0.3, 0.4) is 0 Å². The number of nitrogens with zero attached hydrogens (tertiary/aromatic N) is 2. The Morgan fingerprint density at radius 1 is 1.50 bits per heavy atom. The molecule has 0 aliphatic carbocycles. The van der Waals surface area contributed by atoms with Crippen LogP contribution in [0.25, 0.3) is 0 Å². The summed E-state index contributed by atoms with van der Waals surface area (Å²) in [5.41, 5.74) is 7.66. The van der Waals surface area contributed by atoms with E-state index < -0.39 is 11.5 Å². The van der Waals surface area contributed by atoms with Gasteiger partial charge in [-0.25, -0.2) is 0 Å². The molecule has 0 saturated carbocycles. The molecule has 0 saturated heterocycles. The van der Waals surface area contributed by atoms with Crippen molar-refractivity contribution in [3.8, 4) is 0 Å². The summed E-state index contributed by atoms with van der Waals surface area (Å²) >= 11 is 0. The Kier molecular flexibility index (Phi) is 3.38. The predicted molar refractivity (Wildman–Crippen MR) is 61.3 cm³/mol. The molecule has 0 radical (unpaired) electrons. The second kappa shape index (κ2) is 4.25. The molecule has 1 aromatic rings. The van der Waals surface area contributed by atoms with Crippen molar-refractivity contribution in [3.63, 3.8) is 0 Å². The molecule has 1 unspecified atom stereocenters. The molecule has 1 atom stereocenters. The van der Waals surface area contributed by atoms with E-state index in [4.69, 9.17) is 10.8 Å². The molecule has 90 valence electrons. The van der Waals surface area contributed by atoms with Gasteiger partial charge >= 0.3 is 5.97 Å². The van der Waals surface area contributed by atoms with E-state index in [1.165, 1.54) is 6.92 Å². The Labute approximate surface area is 95.3 Å². The highest BCUT2D eigenvalue weighted by Gasteiger charge is 2.27. The second-order valence-corrected chi connectivity index (χ2v) is 4.49. The van der Waals surface area contributed by atoms with Crippen molar-refractivity contribution in [3.05, 3.63) is 17.0 Å². The minimum absolute atomic E-state index is 0.365. The number of carboxylic acids is 1. The fourth-order valence-corrected chi connectivity index (χ4v) is 1.45. The first kappa shape index (κ1) is 12.7. The smallest absolute Gasteiger partial charge is 0.323 e. The van der Waals surface area contributed by atoms with Crippen LogP contribution in [-0.4, -0.2) is 26.4 Å². The quantitative estimate of drug-likeness (QED) is 0.801. The summed E-state index contributed by atoms with van der Waals surface area (Å²) in [7, 11) is 0. The Balaban J connectivity index is 2.76.